The maximum atomic E-state index is 12.5. The molecule has 2 unspecified atom stereocenters. The second kappa shape index (κ2) is 12.4. The van der Waals surface area contributed by atoms with Gasteiger partial charge >= 0.3 is 5.97 Å². The van der Waals surface area contributed by atoms with Crippen LogP contribution in [0.4, 0.5) is 0 Å². The fraction of sp³-hybridized carbons (Fsp3) is 0.630. The maximum absolute atomic E-state index is 12.5. The van der Waals surface area contributed by atoms with Gasteiger partial charge in [0, 0.05) is 11.8 Å². The molecule has 188 valence electrons. The van der Waals surface area contributed by atoms with Gasteiger partial charge in [0.15, 0.2) is 4.71 Å². The van der Waals surface area contributed by atoms with Crippen LogP contribution in [0.3, 0.4) is 0 Å². The monoisotopic (exact) mass is 506 g/mol. The van der Waals surface area contributed by atoms with Crippen molar-refractivity contribution in [3.8, 4) is 5.75 Å². The van der Waals surface area contributed by atoms with Gasteiger partial charge in [-0.25, -0.2) is 0 Å². The molecule has 0 saturated carbocycles. The van der Waals surface area contributed by atoms with Gasteiger partial charge in [0.25, 0.3) is 0 Å². The Morgan fingerprint density at radius 1 is 1.18 bits per heavy atom. The van der Waals surface area contributed by atoms with E-state index < -0.39 is 5.41 Å². The molecule has 7 heteroatoms. The van der Waals surface area contributed by atoms with Gasteiger partial charge in [-0.3, -0.25) is 4.79 Å². The molecule has 1 aromatic heterocycles. The van der Waals surface area contributed by atoms with Crippen LogP contribution in [0.5, 0.6) is 5.75 Å². The SMILES string of the molecule is CC(C)CC(C)C(C)(C)C(=O)OCCOCCOc1cc(=S)oc2ccc(C3CCSC3)cc12. The van der Waals surface area contributed by atoms with E-state index in [1.807, 2.05) is 31.7 Å². The molecule has 34 heavy (non-hydrogen) atoms. The van der Waals surface area contributed by atoms with E-state index in [1.165, 1.54) is 17.7 Å². The number of thioether (sulfide) groups is 1. The molecule has 0 N–H and O–H groups in total. The maximum Gasteiger partial charge on any atom is 0.311 e. The molecule has 1 aromatic carbocycles. The Morgan fingerprint density at radius 3 is 2.65 bits per heavy atom. The highest BCUT2D eigenvalue weighted by molar-refractivity contribution is 7.99. The summed E-state index contributed by atoms with van der Waals surface area (Å²) in [6.07, 6.45) is 2.19. The molecule has 1 aliphatic heterocycles. The predicted molar refractivity (Wildman–Crippen MR) is 141 cm³/mol. The minimum Gasteiger partial charge on any atom is -0.490 e. The smallest absolute Gasteiger partial charge is 0.311 e. The third-order valence-electron chi connectivity index (χ3n) is 6.66. The normalized spacial score (nSPS) is 17.3. The van der Waals surface area contributed by atoms with E-state index in [9.17, 15) is 4.79 Å². The Labute approximate surface area is 212 Å². The van der Waals surface area contributed by atoms with E-state index in [-0.39, 0.29) is 18.5 Å². The van der Waals surface area contributed by atoms with E-state index in [2.05, 4.69) is 32.9 Å². The summed E-state index contributed by atoms with van der Waals surface area (Å²) >= 11 is 7.27. The van der Waals surface area contributed by atoms with Crippen molar-refractivity contribution in [2.45, 2.75) is 53.4 Å². The molecule has 2 atom stereocenters. The number of carbonyl (C=O) groups is 1. The molecule has 0 radical (unpaired) electrons. The number of hydrogen-bond acceptors (Lipinski definition) is 7. The van der Waals surface area contributed by atoms with Gasteiger partial charge in [0.1, 0.15) is 24.5 Å². The van der Waals surface area contributed by atoms with E-state index in [1.54, 1.807) is 6.07 Å². The summed E-state index contributed by atoms with van der Waals surface area (Å²) in [7, 11) is 0. The molecule has 0 aliphatic carbocycles. The molecule has 1 aliphatic rings. The number of fused-ring (bicyclic) bond motifs is 1. The first-order valence-electron chi connectivity index (χ1n) is 12.2. The van der Waals surface area contributed by atoms with Gasteiger partial charge in [-0.2, -0.15) is 11.8 Å². The number of carbonyl (C=O) groups excluding carboxylic acids is 1. The van der Waals surface area contributed by atoms with Crippen molar-refractivity contribution in [2.24, 2.45) is 17.3 Å². The second-order valence-electron chi connectivity index (χ2n) is 10.1. The van der Waals surface area contributed by atoms with Gasteiger partial charge in [-0.1, -0.05) is 26.8 Å². The van der Waals surface area contributed by atoms with Gasteiger partial charge in [-0.15, -0.1) is 0 Å². The van der Waals surface area contributed by atoms with E-state index in [4.69, 9.17) is 30.8 Å². The number of rotatable bonds is 12. The van der Waals surface area contributed by atoms with Crippen LogP contribution >= 0.6 is 24.0 Å². The molecule has 3 rings (SSSR count). The van der Waals surface area contributed by atoms with Crippen molar-refractivity contribution in [1.82, 2.24) is 0 Å². The van der Waals surface area contributed by atoms with Crippen LogP contribution in [0.1, 0.15) is 58.9 Å². The summed E-state index contributed by atoms with van der Waals surface area (Å²) in [6, 6.07) is 8.05. The molecular weight excluding hydrogens is 468 g/mol. The molecule has 5 nitrogen and oxygen atoms in total. The average molecular weight is 507 g/mol. The second-order valence-corrected chi connectivity index (χ2v) is 11.6. The standard InChI is InChI=1S/C27H38O5S2/c1-18(2)14-19(3)27(4,5)26(28)31-12-10-29-9-11-30-24-16-25(33)32-23-7-6-20(15-22(23)24)21-8-13-34-17-21/h6-7,15-16,18-19,21H,8-14,17H2,1-5H3. The fourth-order valence-electron chi connectivity index (χ4n) is 4.22. The van der Waals surface area contributed by atoms with Crippen LogP contribution in [0.15, 0.2) is 28.7 Å². The lowest BCUT2D eigenvalue weighted by Crippen LogP contribution is -2.34. The molecule has 2 heterocycles. The number of esters is 1. The summed E-state index contributed by atoms with van der Waals surface area (Å²) in [5, 5.41) is 0.940. The van der Waals surface area contributed by atoms with Gasteiger partial charge in [0.2, 0.25) is 0 Å². The third-order valence-corrected chi connectivity index (χ3v) is 8.02. The minimum absolute atomic E-state index is 0.172. The van der Waals surface area contributed by atoms with Crippen molar-refractivity contribution in [3.63, 3.8) is 0 Å². The predicted octanol–water partition coefficient (Wildman–Crippen LogP) is 7.03. The van der Waals surface area contributed by atoms with Crippen molar-refractivity contribution in [1.29, 1.82) is 0 Å². The van der Waals surface area contributed by atoms with Gasteiger partial charge < -0.3 is 18.6 Å². The van der Waals surface area contributed by atoms with Crippen LogP contribution in [0, 0.1) is 22.0 Å². The van der Waals surface area contributed by atoms with Crippen molar-refractivity contribution >= 4 is 40.9 Å². The Bertz CT molecular complexity index is 1010. The Balaban J connectivity index is 1.46. The minimum atomic E-state index is -0.509. The largest absolute Gasteiger partial charge is 0.490 e. The van der Waals surface area contributed by atoms with Crippen LogP contribution in [-0.4, -0.2) is 43.9 Å². The molecule has 0 amide bonds. The molecule has 0 spiro atoms. The zero-order valence-corrected chi connectivity index (χ0v) is 22.7. The van der Waals surface area contributed by atoms with Crippen molar-refractivity contribution in [2.75, 3.05) is 37.9 Å². The summed E-state index contributed by atoms with van der Waals surface area (Å²) < 4.78 is 23.2. The zero-order chi connectivity index (χ0) is 24.7. The van der Waals surface area contributed by atoms with Crippen LogP contribution in [0.2, 0.25) is 0 Å². The Kier molecular flexibility index (Phi) is 9.86. The topological polar surface area (TPSA) is 57.9 Å². The average Bonchev–Trinajstić information content (AvgIpc) is 3.32. The molecule has 2 aromatic rings. The highest BCUT2D eigenvalue weighted by Crippen LogP contribution is 2.36. The summed E-state index contributed by atoms with van der Waals surface area (Å²) in [5.41, 5.74) is 1.54. The van der Waals surface area contributed by atoms with Crippen LogP contribution < -0.4 is 4.74 Å². The number of benzene rings is 1. The fourth-order valence-corrected chi connectivity index (χ4v) is 5.68. The summed E-state index contributed by atoms with van der Waals surface area (Å²) in [5.74, 6) is 4.29. The first kappa shape index (κ1) is 27.0. The number of hydrogen-bond donors (Lipinski definition) is 0. The quantitative estimate of drug-likeness (QED) is 0.174. The Hall–Kier alpha value is -1.57. The van der Waals surface area contributed by atoms with E-state index in [0.29, 0.717) is 36.4 Å². The summed E-state index contributed by atoms with van der Waals surface area (Å²) in [4.78, 5) is 12.5. The lowest BCUT2D eigenvalue weighted by Gasteiger charge is -2.30. The van der Waals surface area contributed by atoms with E-state index in [0.717, 1.165) is 28.9 Å². The lowest BCUT2D eigenvalue weighted by atomic mass is 9.76. The zero-order valence-electron chi connectivity index (χ0n) is 21.1. The van der Waals surface area contributed by atoms with Crippen molar-refractivity contribution < 1.29 is 23.4 Å². The van der Waals surface area contributed by atoms with Gasteiger partial charge in [0.05, 0.1) is 24.0 Å². The van der Waals surface area contributed by atoms with Gasteiger partial charge in [-0.05, 0) is 80.1 Å². The highest BCUT2D eigenvalue weighted by atomic mass is 32.2. The van der Waals surface area contributed by atoms with Crippen LogP contribution in [-0.2, 0) is 14.3 Å². The summed E-state index contributed by atoms with van der Waals surface area (Å²) in [6.45, 7) is 11.7. The molecule has 0 bridgehead atoms. The lowest BCUT2D eigenvalue weighted by molar-refractivity contribution is -0.158. The third kappa shape index (κ3) is 7.22. The molecule has 1 saturated heterocycles. The first-order valence-corrected chi connectivity index (χ1v) is 13.8. The van der Waals surface area contributed by atoms with Crippen LogP contribution in [0.25, 0.3) is 11.0 Å². The highest BCUT2D eigenvalue weighted by Gasteiger charge is 2.35. The first-order chi connectivity index (χ1) is 16.2. The number of ether oxygens (including phenoxy) is 3. The Morgan fingerprint density at radius 2 is 1.94 bits per heavy atom. The van der Waals surface area contributed by atoms with Crippen molar-refractivity contribution in [3.05, 3.63) is 34.5 Å². The molecule has 1 fully saturated rings. The molecular formula is C27H38O5S2. The van der Waals surface area contributed by atoms with E-state index >= 15 is 0 Å².